The molecule has 0 aliphatic carbocycles. The quantitative estimate of drug-likeness (QED) is 0.429. The number of nitrogens with one attached hydrogen (secondary N) is 2. The first-order chi connectivity index (χ1) is 16.7. The van der Waals surface area contributed by atoms with Crippen LogP contribution in [0.3, 0.4) is 0 Å². The molecular weight excluding hydrogens is 469 g/mol. The Morgan fingerprint density at radius 2 is 1.63 bits per heavy atom. The molecule has 0 radical (unpaired) electrons. The van der Waals surface area contributed by atoms with Gasteiger partial charge in [-0.2, -0.15) is 13.2 Å². The van der Waals surface area contributed by atoms with Gasteiger partial charge in [0.25, 0.3) is 5.91 Å². The minimum absolute atomic E-state index is 0.0530. The highest BCUT2D eigenvalue weighted by atomic mass is 19.4. The molecule has 0 aliphatic heterocycles. The lowest BCUT2D eigenvalue weighted by Crippen LogP contribution is -2.18. The lowest BCUT2D eigenvalue weighted by atomic mass is 10.1. The van der Waals surface area contributed by atoms with E-state index in [-0.39, 0.29) is 24.3 Å². The average Bonchev–Trinajstić information content (AvgIpc) is 3.37. The third kappa shape index (κ3) is 6.25. The minimum Gasteiger partial charge on any atom is -0.493 e. The molecule has 3 aromatic rings. The Bertz CT molecular complexity index is 1170. The van der Waals surface area contributed by atoms with Crippen molar-refractivity contribution in [1.29, 1.82) is 0 Å². The van der Waals surface area contributed by atoms with Gasteiger partial charge in [-0.1, -0.05) is 0 Å². The van der Waals surface area contributed by atoms with Gasteiger partial charge in [-0.15, -0.1) is 0 Å². The van der Waals surface area contributed by atoms with Crippen LogP contribution in [0.2, 0.25) is 0 Å². The van der Waals surface area contributed by atoms with Crippen LogP contribution < -0.4 is 24.8 Å². The van der Waals surface area contributed by atoms with Gasteiger partial charge in [-0.05, 0) is 54.4 Å². The summed E-state index contributed by atoms with van der Waals surface area (Å²) in [5.74, 6) is -0.204. The first kappa shape index (κ1) is 25.5. The molecule has 0 spiro atoms. The van der Waals surface area contributed by atoms with Crippen LogP contribution >= 0.6 is 0 Å². The molecule has 1 heterocycles. The summed E-state index contributed by atoms with van der Waals surface area (Å²) in [6.07, 6.45) is -3.40. The van der Waals surface area contributed by atoms with Gasteiger partial charge in [-0.3, -0.25) is 9.59 Å². The molecule has 3 rings (SSSR count). The summed E-state index contributed by atoms with van der Waals surface area (Å²) >= 11 is 0. The summed E-state index contributed by atoms with van der Waals surface area (Å²) < 4.78 is 61.7. The van der Waals surface area contributed by atoms with E-state index in [9.17, 15) is 22.8 Å². The van der Waals surface area contributed by atoms with Crippen molar-refractivity contribution in [2.75, 3.05) is 32.0 Å². The fraction of sp³-hybridized carbons (Fsp3) is 0.250. The molecule has 2 aromatic carbocycles. The topological polar surface area (TPSA) is 99.0 Å². The van der Waals surface area contributed by atoms with E-state index < -0.39 is 29.2 Å². The first-order valence-electron chi connectivity index (χ1n) is 10.3. The van der Waals surface area contributed by atoms with Crippen LogP contribution in [0.4, 0.5) is 24.5 Å². The van der Waals surface area contributed by atoms with Crippen molar-refractivity contribution in [3.05, 3.63) is 65.6 Å². The van der Waals surface area contributed by atoms with Gasteiger partial charge in [-0.25, -0.2) is 0 Å². The number of rotatable bonds is 9. The molecule has 0 aliphatic rings. The lowest BCUT2D eigenvalue weighted by Gasteiger charge is -2.16. The molecule has 0 bridgehead atoms. The molecule has 0 saturated heterocycles. The van der Waals surface area contributed by atoms with Crippen LogP contribution in [0.15, 0.2) is 53.1 Å². The van der Waals surface area contributed by atoms with Crippen LogP contribution in [0.25, 0.3) is 0 Å². The van der Waals surface area contributed by atoms with Crippen molar-refractivity contribution in [3.63, 3.8) is 0 Å². The van der Waals surface area contributed by atoms with E-state index in [4.69, 9.17) is 18.6 Å². The Hall–Kier alpha value is -4.15. The van der Waals surface area contributed by atoms with E-state index in [1.54, 1.807) is 12.1 Å². The number of halogens is 3. The number of methoxy groups -OCH3 is 3. The summed E-state index contributed by atoms with van der Waals surface area (Å²) in [5, 5.41) is 4.63. The predicted molar refractivity (Wildman–Crippen MR) is 121 cm³/mol. The maximum absolute atomic E-state index is 13.7. The molecule has 11 heteroatoms. The number of carbonyl (C=O) groups excluding carboxylic acids is 2. The number of benzene rings is 2. The summed E-state index contributed by atoms with van der Waals surface area (Å²) in [4.78, 5) is 24.5. The SMILES string of the molecule is COc1cc(CCC(=O)Nc2ccc(NC(=O)c3ccco3)cc2C(F)(F)F)cc(OC)c1OC. The van der Waals surface area contributed by atoms with Crippen molar-refractivity contribution in [2.45, 2.75) is 19.0 Å². The molecule has 0 saturated carbocycles. The number of hydrogen-bond acceptors (Lipinski definition) is 6. The highest BCUT2D eigenvalue weighted by Gasteiger charge is 2.34. The Morgan fingerprint density at radius 3 is 2.17 bits per heavy atom. The minimum atomic E-state index is -4.77. The third-order valence-electron chi connectivity index (χ3n) is 4.97. The number of ether oxygens (including phenoxy) is 3. The zero-order valence-corrected chi connectivity index (χ0v) is 19.1. The number of alkyl halides is 3. The van der Waals surface area contributed by atoms with Gasteiger partial charge in [0.2, 0.25) is 11.7 Å². The molecule has 1 aromatic heterocycles. The maximum atomic E-state index is 13.7. The van der Waals surface area contributed by atoms with E-state index in [1.807, 2.05) is 0 Å². The van der Waals surface area contributed by atoms with E-state index >= 15 is 0 Å². The Balaban J connectivity index is 1.73. The zero-order chi connectivity index (χ0) is 25.6. The largest absolute Gasteiger partial charge is 0.493 e. The lowest BCUT2D eigenvalue weighted by molar-refractivity contribution is -0.136. The molecule has 186 valence electrons. The average molecular weight is 492 g/mol. The fourth-order valence-electron chi connectivity index (χ4n) is 3.32. The van der Waals surface area contributed by atoms with Gasteiger partial charge in [0.05, 0.1) is 38.8 Å². The smallest absolute Gasteiger partial charge is 0.418 e. The molecule has 35 heavy (non-hydrogen) atoms. The molecule has 2 N–H and O–H groups in total. The van der Waals surface area contributed by atoms with Crippen molar-refractivity contribution in [2.24, 2.45) is 0 Å². The zero-order valence-electron chi connectivity index (χ0n) is 19.1. The van der Waals surface area contributed by atoms with E-state index in [0.717, 1.165) is 12.1 Å². The van der Waals surface area contributed by atoms with Gasteiger partial charge >= 0.3 is 6.18 Å². The molecular formula is C24H23F3N2O6. The van der Waals surface area contributed by atoms with Crippen molar-refractivity contribution in [1.82, 2.24) is 0 Å². The monoisotopic (exact) mass is 492 g/mol. The van der Waals surface area contributed by atoms with E-state index in [0.29, 0.717) is 22.8 Å². The number of amides is 2. The highest BCUT2D eigenvalue weighted by Crippen LogP contribution is 2.39. The molecule has 0 fully saturated rings. The summed E-state index contributed by atoms with van der Waals surface area (Å²) in [5.41, 5.74) is -0.963. The van der Waals surface area contributed by atoms with Crippen LogP contribution in [0.1, 0.15) is 28.1 Å². The van der Waals surface area contributed by atoms with E-state index in [1.165, 1.54) is 45.8 Å². The predicted octanol–water partition coefficient (Wildman–Crippen LogP) is 5.15. The van der Waals surface area contributed by atoms with Crippen molar-refractivity contribution < 1.29 is 41.4 Å². The van der Waals surface area contributed by atoms with Gasteiger partial charge < -0.3 is 29.3 Å². The number of hydrogen-bond donors (Lipinski definition) is 2. The summed E-state index contributed by atoms with van der Waals surface area (Å²) in [6, 6.07) is 9.26. The van der Waals surface area contributed by atoms with Crippen LogP contribution in [-0.2, 0) is 17.4 Å². The number of furan rings is 1. The second kappa shape index (κ2) is 10.9. The maximum Gasteiger partial charge on any atom is 0.418 e. The van der Waals surface area contributed by atoms with Crippen LogP contribution in [0, 0.1) is 0 Å². The third-order valence-corrected chi connectivity index (χ3v) is 4.97. The molecule has 0 atom stereocenters. The second-order valence-electron chi connectivity index (χ2n) is 7.27. The molecule has 8 nitrogen and oxygen atoms in total. The van der Waals surface area contributed by atoms with Gasteiger partial charge in [0, 0.05) is 12.1 Å². The fourth-order valence-corrected chi connectivity index (χ4v) is 3.32. The van der Waals surface area contributed by atoms with Crippen molar-refractivity contribution in [3.8, 4) is 17.2 Å². The Morgan fingerprint density at radius 1 is 0.943 bits per heavy atom. The van der Waals surface area contributed by atoms with E-state index in [2.05, 4.69) is 10.6 Å². The Labute approximate surface area is 199 Å². The second-order valence-corrected chi connectivity index (χ2v) is 7.27. The summed E-state index contributed by atoms with van der Waals surface area (Å²) in [7, 11) is 4.36. The number of carbonyl (C=O) groups is 2. The van der Waals surface area contributed by atoms with Crippen LogP contribution in [0.5, 0.6) is 17.2 Å². The van der Waals surface area contributed by atoms with Crippen molar-refractivity contribution >= 4 is 23.2 Å². The summed E-state index contributed by atoms with van der Waals surface area (Å²) in [6.45, 7) is 0. The highest BCUT2D eigenvalue weighted by molar-refractivity contribution is 6.02. The number of anilines is 2. The number of aryl methyl sites for hydroxylation is 1. The van der Waals surface area contributed by atoms with Gasteiger partial charge in [0.1, 0.15) is 0 Å². The van der Waals surface area contributed by atoms with Gasteiger partial charge in [0.15, 0.2) is 17.3 Å². The molecule has 2 amide bonds. The molecule has 0 unspecified atom stereocenters. The Kier molecular flexibility index (Phi) is 7.90. The standard InChI is InChI=1S/C24H23F3N2O6/c1-32-19-11-14(12-20(33-2)22(19)34-3)6-9-21(30)29-17-8-7-15(13-16(17)24(25,26)27)28-23(31)18-5-4-10-35-18/h4-5,7-8,10-13H,6,9H2,1-3H3,(H,28,31)(H,29,30). The first-order valence-corrected chi connectivity index (χ1v) is 10.3. The normalized spacial score (nSPS) is 11.0. The van der Waals surface area contributed by atoms with Crippen LogP contribution in [-0.4, -0.2) is 33.1 Å².